The number of rotatable bonds is 5. The Labute approximate surface area is 181 Å². The zero-order valence-electron chi connectivity index (χ0n) is 17.5. The van der Waals surface area contributed by atoms with Crippen LogP contribution in [0.5, 0.6) is 0 Å². The van der Waals surface area contributed by atoms with E-state index in [0.29, 0.717) is 41.6 Å². The highest BCUT2D eigenvalue weighted by atomic mass is 32.2. The molecule has 4 rings (SSSR count). The summed E-state index contributed by atoms with van der Waals surface area (Å²) in [6, 6.07) is 11.9. The third-order valence-corrected chi connectivity index (χ3v) is 7.37. The number of aromatic nitrogens is 2. The summed E-state index contributed by atoms with van der Waals surface area (Å²) < 4.78 is 32.9. The van der Waals surface area contributed by atoms with Gasteiger partial charge < -0.3 is 9.84 Å². The number of piperidine rings is 1. The number of sulfonamides is 1. The van der Waals surface area contributed by atoms with Crippen LogP contribution >= 0.6 is 0 Å². The monoisotopic (exact) mass is 440 g/mol. The standard InChI is InChI=1S/C22H24N4O4S/c1-15-10-11-17(14-20(15)31(28,29)26-12-6-3-7-13-26)22(27)24-19-9-5-4-8-18(19)21-23-16(2)30-25-21/h4-5,8-11,14H,3,6-7,12-13H2,1-2H3,(H,24,27). The third-order valence-electron chi connectivity index (χ3n) is 5.33. The second kappa shape index (κ2) is 8.60. The molecule has 9 heteroatoms. The van der Waals surface area contributed by atoms with Gasteiger partial charge in [-0.15, -0.1) is 0 Å². The Bertz CT molecular complexity index is 1210. The van der Waals surface area contributed by atoms with Crippen LogP contribution in [-0.4, -0.2) is 41.9 Å². The molecular formula is C22H24N4O4S. The van der Waals surface area contributed by atoms with Crippen molar-refractivity contribution < 1.29 is 17.7 Å². The molecule has 0 atom stereocenters. The van der Waals surface area contributed by atoms with Crippen LogP contribution in [0.2, 0.25) is 0 Å². The maximum Gasteiger partial charge on any atom is 0.255 e. The van der Waals surface area contributed by atoms with Crippen LogP contribution in [-0.2, 0) is 10.0 Å². The summed E-state index contributed by atoms with van der Waals surface area (Å²) in [6.07, 6.45) is 2.74. The Morgan fingerprint density at radius 3 is 2.52 bits per heavy atom. The molecule has 2 aromatic carbocycles. The summed E-state index contributed by atoms with van der Waals surface area (Å²) in [5.41, 5.74) is 2.00. The average Bonchev–Trinajstić information content (AvgIpc) is 3.21. The number of carbonyl (C=O) groups is 1. The molecule has 0 radical (unpaired) electrons. The number of benzene rings is 2. The maximum absolute atomic E-state index is 13.1. The first-order chi connectivity index (χ1) is 14.9. The average molecular weight is 441 g/mol. The van der Waals surface area contributed by atoms with E-state index in [1.54, 1.807) is 44.2 Å². The van der Waals surface area contributed by atoms with Crippen molar-refractivity contribution in [3.05, 3.63) is 59.5 Å². The summed E-state index contributed by atoms with van der Waals surface area (Å²) in [6.45, 7) is 4.45. The summed E-state index contributed by atoms with van der Waals surface area (Å²) in [5.74, 6) is 0.371. The number of nitrogens with one attached hydrogen (secondary N) is 1. The van der Waals surface area contributed by atoms with Crippen LogP contribution < -0.4 is 5.32 Å². The van der Waals surface area contributed by atoms with Gasteiger partial charge >= 0.3 is 0 Å². The first-order valence-corrected chi connectivity index (χ1v) is 11.6. The minimum absolute atomic E-state index is 0.170. The lowest BCUT2D eigenvalue weighted by Crippen LogP contribution is -2.36. The molecule has 1 fully saturated rings. The van der Waals surface area contributed by atoms with Crippen LogP contribution in [0.15, 0.2) is 51.9 Å². The lowest BCUT2D eigenvalue weighted by Gasteiger charge is -2.26. The molecule has 1 amide bonds. The number of aryl methyl sites for hydroxylation is 2. The summed E-state index contributed by atoms with van der Waals surface area (Å²) >= 11 is 0. The van der Waals surface area contributed by atoms with Crippen molar-refractivity contribution in [1.82, 2.24) is 14.4 Å². The minimum Gasteiger partial charge on any atom is -0.339 e. The molecule has 1 saturated heterocycles. The van der Waals surface area contributed by atoms with Crippen molar-refractivity contribution in [2.75, 3.05) is 18.4 Å². The van der Waals surface area contributed by atoms with Gasteiger partial charge in [-0.25, -0.2) is 8.42 Å². The molecule has 0 aliphatic carbocycles. The smallest absolute Gasteiger partial charge is 0.255 e. The van der Waals surface area contributed by atoms with Crippen LogP contribution in [0.25, 0.3) is 11.4 Å². The Morgan fingerprint density at radius 1 is 1.06 bits per heavy atom. The summed E-state index contributed by atoms with van der Waals surface area (Å²) in [4.78, 5) is 17.4. The largest absolute Gasteiger partial charge is 0.339 e. The van der Waals surface area contributed by atoms with Crippen LogP contribution in [0, 0.1) is 13.8 Å². The van der Waals surface area contributed by atoms with Crippen LogP contribution in [0.3, 0.4) is 0 Å². The first kappa shape index (κ1) is 21.2. The number of hydrogen-bond donors (Lipinski definition) is 1. The molecule has 0 saturated carbocycles. The molecule has 1 aliphatic heterocycles. The Kier molecular flexibility index (Phi) is 5.88. The highest BCUT2D eigenvalue weighted by Crippen LogP contribution is 2.27. The number of carbonyl (C=O) groups excluding carboxylic acids is 1. The molecule has 1 N–H and O–H groups in total. The van der Waals surface area contributed by atoms with Gasteiger partial charge in [0, 0.05) is 31.1 Å². The van der Waals surface area contributed by atoms with Crippen molar-refractivity contribution in [1.29, 1.82) is 0 Å². The minimum atomic E-state index is -3.65. The van der Waals surface area contributed by atoms with Gasteiger partial charge in [0.05, 0.1) is 10.6 Å². The molecule has 1 aliphatic rings. The molecule has 2 heterocycles. The van der Waals surface area contributed by atoms with Crippen LogP contribution in [0.4, 0.5) is 5.69 Å². The Morgan fingerprint density at radius 2 is 1.81 bits per heavy atom. The Hall–Kier alpha value is -3.04. The zero-order valence-corrected chi connectivity index (χ0v) is 18.3. The highest BCUT2D eigenvalue weighted by Gasteiger charge is 2.28. The molecule has 3 aromatic rings. The van der Waals surface area contributed by atoms with E-state index < -0.39 is 15.9 Å². The molecular weight excluding hydrogens is 416 g/mol. The summed E-state index contributed by atoms with van der Waals surface area (Å²) in [5, 5.41) is 6.76. The highest BCUT2D eigenvalue weighted by molar-refractivity contribution is 7.89. The second-order valence-electron chi connectivity index (χ2n) is 7.58. The van der Waals surface area contributed by atoms with E-state index in [2.05, 4.69) is 15.5 Å². The van der Waals surface area contributed by atoms with Gasteiger partial charge in [0.2, 0.25) is 21.7 Å². The molecule has 31 heavy (non-hydrogen) atoms. The van der Waals surface area contributed by atoms with E-state index >= 15 is 0 Å². The van der Waals surface area contributed by atoms with Crippen molar-refractivity contribution in [3.63, 3.8) is 0 Å². The lowest BCUT2D eigenvalue weighted by molar-refractivity contribution is 0.102. The number of nitrogens with zero attached hydrogens (tertiary/aromatic N) is 3. The van der Waals surface area contributed by atoms with Gasteiger partial charge in [-0.2, -0.15) is 9.29 Å². The molecule has 0 spiro atoms. The van der Waals surface area contributed by atoms with Crippen molar-refractivity contribution in [3.8, 4) is 11.4 Å². The van der Waals surface area contributed by atoms with Gasteiger partial charge in [0.15, 0.2) is 0 Å². The van der Waals surface area contributed by atoms with Crippen molar-refractivity contribution >= 4 is 21.6 Å². The fourth-order valence-electron chi connectivity index (χ4n) is 3.65. The number of amides is 1. The van der Waals surface area contributed by atoms with E-state index in [1.165, 1.54) is 10.4 Å². The fourth-order valence-corrected chi connectivity index (χ4v) is 5.42. The van der Waals surface area contributed by atoms with Crippen molar-refractivity contribution in [2.24, 2.45) is 0 Å². The van der Waals surface area contributed by atoms with Crippen molar-refractivity contribution in [2.45, 2.75) is 38.0 Å². The van der Waals surface area contributed by atoms with E-state index in [-0.39, 0.29) is 10.5 Å². The lowest BCUT2D eigenvalue weighted by atomic mass is 10.1. The van der Waals surface area contributed by atoms with E-state index in [9.17, 15) is 13.2 Å². The third kappa shape index (κ3) is 4.38. The number of para-hydroxylation sites is 1. The van der Waals surface area contributed by atoms with E-state index in [1.807, 2.05) is 6.07 Å². The first-order valence-electron chi connectivity index (χ1n) is 10.2. The predicted molar refractivity (Wildman–Crippen MR) is 116 cm³/mol. The van der Waals surface area contributed by atoms with Gasteiger partial charge in [0.25, 0.3) is 5.91 Å². The topological polar surface area (TPSA) is 105 Å². The predicted octanol–water partition coefficient (Wildman–Crippen LogP) is 3.78. The number of hydrogen-bond acceptors (Lipinski definition) is 6. The SMILES string of the molecule is Cc1nc(-c2ccccc2NC(=O)c2ccc(C)c(S(=O)(=O)N3CCCCC3)c2)no1. The second-order valence-corrected chi connectivity index (χ2v) is 9.49. The molecule has 162 valence electrons. The molecule has 0 bridgehead atoms. The molecule has 1 aromatic heterocycles. The fraction of sp³-hybridized carbons (Fsp3) is 0.318. The van der Waals surface area contributed by atoms with Gasteiger partial charge in [-0.1, -0.05) is 29.8 Å². The van der Waals surface area contributed by atoms with E-state index in [4.69, 9.17) is 4.52 Å². The summed E-state index contributed by atoms with van der Waals surface area (Å²) in [7, 11) is -3.65. The van der Waals surface area contributed by atoms with Gasteiger partial charge in [-0.05, 0) is 49.6 Å². The normalized spacial score (nSPS) is 15.0. The zero-order chi connectivity index (χ0) is 22.0. The van der Waals surface area contributed by atoms with Crippen LogP contribution in [0.1, 0.15) is 41.1 Å². The Balaban J connectivity index is 1.63. The molecule has 8 nitrogen and oxygen atoms in total. The quantitative estimate of drug-likeness (QED) is 0.647. The van der Waals surface area contributed by atoms with E-state index in [0.717, 1.165) is 19.3 Å². The van der Waals surface area contributed by atoms with Gasteiger partial charge in [-0.3, -0.25) is 4.79 Å². The molecule has 0 unspecified atom stereocenters. The maximum atomic E-state index is 13.1. The number of anilines is 1. The van der Waals surface area contributed by atoms with Gasteiger partial charge in [0.1, 0.15) is 0 Å².